The fourth-order valence-corrected chi connectivity index (χ4v) is 0.855. The Bertz CT molecular complexity index is 337. The van der Waals surface area contributed by atoms with Crippen LogP contribution in [0, 0.1) is 0 Å². The van der Waals surface area contributed by atoms with E-state index in [9.17, 15) is 9.90 Å². The first kappa shape index (κ1) is 5.32. The van der Waals surface area contributed by atoms with E-state index >= 15 is 0 Å². The SMILES string of the molecule is [2H]C([2H])([2H])NC(=O)[C@@H](O)c1ccccc1. The van der Waals surface area contributed by atoms with Crippen molar-refractivity contribution in [2.75, 3.05) is 6.98 Å². The smallest absolute Gasteiger partial charge is 0.253 e. The molecule has 0 aliphatic heterocycles. The van der Waals surface area contributed by atoms with Gasteiger partial charge in [0.25, 0.3) is 5.91 Å². The van der Waals surface area contributed by atoms with E-state index in [0.29, 0.717) is 5.56 Å². The van der Waals surface area contributed by atoms with Crippen LogP contribution in [0.25, 0.3) is 0 Å². The van der Waals surface area contributed by atoms with Gasteiger partial charge in [-0.05, 0) is 5.56 Å². The van der Waals surface area contributed by atoms with Crippen molar-refractivity contribution in [1.29, 1.82) is 0 Å². The highest BCUT2D eigenvalue weighted by Gasteiger charge is 2.14. The summed E-state index contributed by atoms with van der Waals surface area (Å²) in [5.74, 6) is -0.929. The Morgan fingerprint density at radius 3 is 2.83 bits per heavy atom. The molecule has 0 bridgehead atoms. The van der Waals surface area contributed by atoms with Crippen LogP contribution in [0.3, 0.4) is 0 Å². The standard InChI is InChI=1S/C9H11NO2/c1-10-9(12)8(11)7-5-3-2-4-6-7/h2-6,8,11H,1H3,(H,10,12)/t8-/m0/s1/i1D3. The number of aliphatic hydroxyl groups excluding tert-OH is 1. The summed E-state index contributed by atoms with van der Waals surface area (Å²) in [6.45, 7) is -2.58. The van der Waals surface area contributed by atoms with Gasteiger partial charge in [-0.2, -0.15) is 0 Å². The lowest BCUT2D eigenvalue weighted by Crippen LogP contribution is -2.25. The number of rotatable bonds is 2. The second-order valence-electron chi connectivity index (χ2n) is 2.30. The summed E-state index contributed by atoms with van der Waals surface area (Å²) in [6.07, 6.45) is -1.45. The van der Waals surface area contributed by atoms with Gasteiger partial charge in [0.2, 0.25) is 0 Å². The maximum atomic E-state index is 11.2. The first-order valence-corrected chi connectivity index (χ1v) is 3.45. The first-order chi connectivity index (χ1) is 6.90. The van der Waals surface area contributed by atoms with Crippen LogP contribution in [-0.4, -0.2) is 18.0 Å². The zero-order valence-corrected chi connectivity index (χ0v) is 6.32. The summed E-state index contributed by atoms with van der Waals surface area (Å²) in [7, 11) is 0. The van der Waals surface area contributed by atoms with Gasteiger partial charge in [-0.25, -0.2) is 0 Å². The van der Waals surface area contributed by atoms with Crippen LogP contribution in [0.2, 0.25) is 0 Å². The van der Waals surface area contributed by atoms with E-state index in [0.717, 1.165) is 0 Å². The van der Waals surface area contributed by atoms with Crippen molar-refractivity contribution in [2.45, 2.75) is 6.10 Å². The summed E-state index contributed by atoms with van der Waals surface area (Å²) in [4.78, 5) is 11.2. The predicted molar refractivity (Wildman–Crippen MR) is 45.5 cm³/mol. The van der Waals surface area contributed by atoms with Crippen molar-refractivity contribution in [1.82, 2.24) is 5.32 Å². The maximum absolute atomic E-state index is 11.2. The molecular weight excluding hydrogens is 154 g/mol. The minimum atomic E-state index is -2.58. The van der Waals surface area contributed by atoms with Gasteiger partial charge in [0.15, 0.2) is 6.10 Å². The van der Waals surface area contributed by atoms with Gasteiger partial charge in [0, 0.05) is 11.1 Å². The Kier molecular flexibility index (Phi) is 1.72. The molecule has 0 unspecified atom stereocenters. The van der Waals surface area contributed by atoms with Gasteiger partial charge < -0.3 is 10.4 Å². The quantitative estimate of drug-likeness (QED) is 0.674. The summed E-state index contributed by atoms with van der Waals surface area (Å²) < 4.78 is 20.4. The number of nitrogens with one attached hydrogen (secondary N) is 1. The normalized spacial score (nSPS) is 16.9. The molecule has 0 aliphatic rings. The lowest BCUT2D eigenvalue weighted by Gasteiger charge is -2.07. The van der Waals surface area contributed by atoms with E-state index in [-0.39, 0.29) is 0 Å². The monoisotopic (exact) mass is 168 g/mol. The summed E-state index contributed by atoms with van der Waals surface area (Å²) in [6, 6.07) is 8.13. The third kappa shape index (κ3) is 1.83. The largest absolute Gasteiger partial charge is 0.378 e. The number of carbonyl (C=O) groups is 1. The molecule has 0 aliphatic carbocycles. The van der Waals surface area contributed by atoms with Gasteiger partial charge >= 0.3 is 0 Å². The fraction of sp³-hybridized carbons (Fsp3) is 0.222. The fourth-order valence-electron chi connectivity index (χ4n) is 0.855. The van der Waals surface area contributed by atoms with Crippen molar-refractivity contribution in [3.8, 4) is 0 Å². The van der Waals surface area contributed by atoms with Gasteiger partial charge in [-0.1, -0.05) is 30.3 Å². The zero-order chi connectivity index (χ0) is 11.5. The highest BCUT2D eigenvalue weighted by atomic mass is 16.3. The second kappa shape index (κ2) is 3.88. The van der Waals surface area contributed by atoms with Crippen LogP contribution in [0.4, 0.5) is 0 Å². The van der Waals surface area contributed by atoms with Crippen molar-refractivity contribution < 1.29 is 14.0 Å². The van der Waals surface area contributed by atoms with Crippen molar-refractivity contribution in [3.63, 3.8) is 0 Å². The molecule has 0 aromatic heterocycles. The van der Waals surface area contributed by atoms with E-state index in [1.54, 1.807) is 35.6 Å². The topological polar surface area (TPSA) is 49.3 Å². The van der Waals surface area contributed by atoms with Gasteiger partial charge in [-0.3, -0.25) is 4.79 Å². The molecule has 0 spiro atoms. The van der Waals surface area contributed by atoms with E-state index in [1.807, 2.05) is 0 Å². The third-order valence-electron chi connectivity index (χ3n) is 1.49. The van der Waals surface area contributed by atoms with Crippen LogP contribution >= 0.6 is 0 Å². The van der Waals surface area contributed by atoms with E-state index in [2.05, 4.69) is 0 Å². The molecule has 0 saturated heterocycles. The van der Waals surface area contributed by atoms with Crippen LogP contribution < -0.4 is 5.32 Å². The number of benzene rings is 1. The summed E-state index contributed by atoms with van der Waals surface area (Å²) in [5.41, 5.74) is 0.360. The molecule has 1 amide bonds. The molecular formula is C9H11NO2. The van der Waals surface area contributed by atoms with Gasteiger partial charge in [0.05, 0.1) is 0 Å². The first-order valence-electron chi connectivity index (χ1n) is 4.95. The maximum Gasteiger partial charge on any atom is 0.253 e. The van der Waals surface area contributed by atoms with E-state index in [1.165, 1.54) is 0 Å². The van der Waals surface area contributed by atoms with E-state index in [4.69, 9.17) is 4.11 Å². The predicted octanol–water partition coefficient (Wildman–Crippen LogP) is 0.466. The molecule has 12 heavy (non-hydrogen) atoms. The van der Waals surface area contributed by atoms with Crippen LogP contribution in [0.1, 0.15) is 15.8 Å². The van der Waals surface area contributed by atoms with Crippen LogP contribution in [0.5, 0.6) is 0 Å². The molecule has 64 valence electrons. The molecule has 0 heterocycles. The molecule has 2 N–H and O–H groups in total. The number of hydrogen-bond acceptors (Lipinski definition) is 2. The molecule has 0 saturated carbocycles. The average molecular weight is 168 g/mol. The Morgan fingerprint density at radius 1 is 1.58 bits per heavy atom. The molecule has 1 atom stereocenters. The van der Waals surface area contributed by atoms with Gasteiger partial charge in [0.1, 0.15) is 0 Å². The highest BCUT2D eigenvalue weighted by molar-refractivity contribution is 5.81. The Morgan fingerprint density at radius 2 is 2.25 bits per heavy atom. The van der Waals surface area contributed by atoms with Crippen molar-refractivity contribution >= 4 is 5.91 Å². The number of hydrogen-bond donors (Lipinski definition) is 2. The highest BCUT2D eigenvalue weighted by Crippen LogP contribution is 2.10. The minimum absolute atomic E-state index is 0.360. The number of carbonyl (C=O) groups excluding carboxylic acids is 1. The molecule has 0 radical (unpaired) electrons. The van der Waals surface area contributed by atoms with E-state index < -0.39 is 19.0 Å². The average Bonchev–Trinajstić information content (AvgIpc) is 2.15. The molecule has 1 rings (SSSR count). The Hall–Kier alpha value is -1.35. The molecule has 1 aromatic rings. The second-order valence-corrected chi connectivity index (χ2v) is 2.30. The lowest BCUT2D eigenvalue weighted by atomic mass is 10.1. The molecule has 3 heteroatoms. The zero-order valence-electron chi connectivity index (χ0n) is 9.32. The van der Waals surface area contributed by atoms with Crippen molar-refractivity contribution in [3.05, 3.63) is 35.9 Å². The van der Waals surface area contributed by atoms with Crippen LogP contribution in [0.15, 0.2) is 30.3 Å². The third-order valence-corrected chi connectivity index (χ3v) is 1.49. The van der Waals surface area contributed by atoms with Gasteiger partial charge in [-0.15, -0.1) is 0 Å². The minimum Gasteiger partial charge on any atom is -0.378 e. The Labute approximate surface area is 75.2 Å². The van der Waals surface area contributed by atoms with Crippen molar-refractivity contribution in [2.24, 2.45) is 0 Å². The number of amides is 1. The number of aliphatic hydroxyl groups is 1. The lowest BCUT2D eigenvalue weighted by molar-refractivity contribution is -0.129. The number of likely N-dealkylation sites (N-methyl/N-ethyl adjacent to an activating group) is 1. The Balaban J connectivity index is 2.70. The van der Waals surface area contributed by atoms with Crippen LogP contribution in [-0.2, 0) is 4.79 Å². The summed E-state index contributed by atoms with van der Waals surface area (Å²) >= 11 is 0. The molecule has 3 nitrogen and oxygen atoms in total. The molecule has 1 aromatic carbocycles. The molecule has 0 fully saturated rings. The summed E-state index contributed by atoms with van der Waals surface area (Å²) in [5, 5.41) is 11.2.